The predicted molar refractivity (Wildman–Crippen MR) is 65.9 cm³/mol. The van der Waals surface area contributed by atoms with Crippen molar-refractivity contribution in [2.24, 2.45) is 11.3 Å². The van der Waals surface area contributed by atoms with Crippen LogP contribution >= 0.6 is 11.8 Å². The predicted octanol–water partition coefficient (Wildman–Crippen LogP) is 3.23. The molecule has 3 heteroatoms. The number of rotatable bonds is 3. The smallest absolute Gasteiger partial charge is 0.307 e. The second-order valence-electron chi connectivity index (χ2n) is 4.86. The van der Waals surface area contributed by atoms with Gasteiger partial charge in [0.1, 0.15) is 0 Å². The van der Waals surface area contributed by atoms with Crippen molar-refractivity contribution in [3.05, 3.63) is 29.8 Å². The van der Waals surface area contributed by atoms with Crippen LogP contribution in [0.15, 0.2) is 29.2 Å². The Hall–Kier alpha value is -0.960. The second-order valence-corrected chi connectivity index (χ2v) is 5.70. The van der Waals surface area contributed by atoms with Gasteiger partial charge in [0.25, 0.3) is 0 Å². The minimum absolute atomic E-state index is 0.113. The molecule has 0 bridgehead atoms. The Bertz CT molecular complexity index is 426. The fourth-order valence-corrected chi connectivity index (χ4v) is 3.25. The highest BCUT2D eigenvalue weighted by molar-refractivity contribution is 7.98. The summed E-state index contributed by atoms with van der Waals surface area (Å²) >= 11 is 1.69. The zero-order valence-electron chi connectivity index (χ0n) is 9.73. The molecule has 0 saturated heterocycles. The van der Waals surface area contributed by atoms with E-state index in [2.05, 4.69) is 12.1 Å². The summed E-state index contributed by atoms with van der Waals surface area (Å²) in [6.45, 7) is 4.07. The van der Waals surface area contributed by atoms with Crippen LogP contribution in [0.5, 0.6) is 0 Å². The Labute approximate surface area is 100 Å². The molecule has 0 aromatic heterocycles. The van der Waals surface area contributed by atoms with Gasteiger partial charge in [0.15, 0.2) is 0 Å². The lowest BCUT2D eigenvalue weighted by atomic mass is 10.0. The lowest BCUT2D eigenvalue weighted by Crippen LogP contribution is -2.03. The van der Waals surface area contributed by atoms with E-state index in [-0.39, 0.29) is 17.3 Å². The number of thioether (sulfide) groups is 1. The molecule has 1 aliphatic rings. The Morgan fingerprint density at radius 1 is 1.38 bits per heavy atom. The Morgan fingerprint density at radius 3 is 2.50 bits per heavy atom. The summed E-state index contributed by atoms with van der Waals surface area (Å²) in [5, 5.41) is 9.18. The van der Waals surface area contributed by atoms with E-state index >= 15 is 0 Å². The van der Waals surface area contributed by atoms with Gasteiger partial charge in [0.2, 0.25) is 0 Å². The van der Waals surface area contributed by atoms with Crippen molar-refractivity contribution in [1.82, 2.24) is 0 Å². The minimum atomic E-state index is -0.675. The highest BCUT2D eigenvalue weighted by Gasteiger charge is 2.63. The van der Waals surface area contributed by atoms with Crippen LogP contribution in [0, 0.1) is 11.3 Å². The molecular formula is C13H16O2S. The van der Waals surface area contributed by atoms with E-state index < -0.39 is 5.97 Å². The Kier molecular flexibility index (Phi) is 2.74. The number of hydrogen-bond acceptors (Lipinski definition) is 2. The molecule has 0 radical (unpaired) electrons. The van der Waals surface area contributed by atoms with E-state index in [9.17, 15) is 9.90 Å². The highest BCUT2D eigenvalue weighted by Crippen LogP contribution is 2.65. The van der Waals surface area contributed by atoms with Gasteiger partial charge in [0, 0.05) is 10.8 Å². The van der Waals surface area contributed by atoms with E-state index in [1.54, 1.807) is 11.8 Å². The molecule has 0 unspecified atom stereocenters. The van der Waals surface area contributed by atoms with E-state index in [0.29, 0.717) is 0 Å². The third kappa shape index (κ3) is 1.63. The molecule has 16 heavy (non-hydrogen) atoms. The summed E-state index contributed by atoms with van der Waals surface area (Å²) in [7, 11) is 0. The molecule has 1 aliphatic carbocycles. The zero-order valence-corrected chi connectivity index (χ0v) is 10.5. The molecule has 86 valence electrons. The SMILES string of the molecule is CSc1ccccc1[C@H]1[C@H](C(=O)O)C1(C)C. The molecule has 2 atom stereocenters. The third-order valence-corrected chi connectivity index (χ3v) is 4.38. The molecule has 0 aliphatic heterocycles. The van der Waals surface area contributed by atoms with Crippen LogP contribution in [0.1, 0.15) is 25.3 Å². The Morgan fingerprint density at radius 2 is 2.00 bits per heavy atom. The summed E-state index contributed by atoms with van der Waals surface area (Å²) in [6, 6.07) is 8.11. The van der Waals surface area contributed by atoms with Crippen molar-refractivity contribution in [3.63, 3.8) is 0 Å². The lowest BCUT2D eigenvalue weighted by Gasteiger charge is -2.07. The molecule has 2 nitrogen and oxygen atoms in total. The maximum Gasteiger partial charge on any atom is 0.307 e. The zero-order chi connectivity index (χ0) is 11.9. The van der Waals surface area contributed by atoms with E-state index in [0.717, 1.165) is 0 Å². The van der Waals surface area contributed by atoms with Gasteiger partial charge >= 0.3 is 5.97 Å². The van der Waals surface area contributed by atoms with Gasteiger partial charge in [-0.2, -0.15) is 0 Å². The first-order chi connectivity index (χ1) is 7.50. The molecule has 0 spiro atoms. The number of carboxylic acid groups (broad SMARTS) is 1. The van der Waals surface area contributed by atoms with Crippen molar-refractivity contribution in [2.75, 3.05) is 6.26 Å². The largest absolute Gasteiger partial charge is 0.481 e. The van der Waals surface area contributed by atoms with Gasteiger partial charge < -0.3 is 5.11 Å². The van der Waals surface area contributed by atoms with Crippen LogP contribution in [-0.4, -0.2) is 17.3 Å². The van der Waals surface area contributed by atoms with E-state index in [1.165, 1.54) is 10.5 Å². The summed E-state index contributed by atoms with van der Waals surface area (Å²) in [5.41, 5.74) is 1.07. The van der Waals surface area contributed by atoms with Gasteiger partial charge in [-0.1, -0.05) is 32.0 Å². The minimum Gasteiger partial charge on any atom is -0.481 e. The summed E-state index contributed by atoms with van der Waals surface area (Å²) in [5.74, 6) is -0.750. The van der Waals surface area contributed by atoms with Gasteiger partial charge in [-0.25, -0.2) is 0 Å². The average molecular weight is 236 g/mol. The number of carboxylic acids is 1. The number of aliphatic carboxylic acids is 1. The lowest BCUT2D eigenvalue weighted by molar-refractivity contribution is -0.139. The van der Waals surface area contributed by atoms with Crippen LogP contribution in [0.2, 0.25) is 0 Å². The fraction of sp³-hybridized carbons (Fsp3) is 0.462. The van der Waals surface area contributed by atoms with Crippen molar-refractivity contribution >= 4 is 17.7 Å². The first-order valence-electron chi connectivity index (χ1n) is 5.36. The number of hydrogen-bond donors (Lipinski definition) is 1. The van der Waals surface area contributed by atoms with Crippen molar-refractivity contribution in [2.45, 2.75) is 24.7 Å². The highest BCUT2D eigenvalue weighted by atomic mass is 32.2. The van der Waals surface area contributed by atoms with Crippen LogP contribution in [0.25, 0.3) is 0 Å². The van der Waals surface area contributed by atoms with Gasteiger partial charge in [-0.3, -0.25) is 4.79 Å². The van der Waals surface area contributed by atoms with E-state index in [4.69, 9.17) is 0 Å². The topological polar surface area (TPSA) is 37.3 Å². The monoisotopic (exact) mass is 236 g/mol. The molecular weight excluding hydrogens is 220 g/mol. The quantitative estimate of drug-likeness (QED) is 0.819. The molecule has 0 heterocycles. The maximum atomic E-state index is 11.2. The summed E-state index contributed by atoms with van der Waals surface area (Å²) in [6.07, 6.45) is 2.03. The first kappa shape index (κ1) is 11.5. The molecule has 1 fully saturated rings. The van der Waals surface area contributed by atoms with Gasteiger partial charge in [0.05, 0.1) is 5.92 Å². The standard InChI is InChI=1S/C13H16O2S/c1-13(2)10(11(13)12(14)15)8-6-4-5-7-9(8)16-3/h4-7,10-11H,1-3H3,(H,14,15)/t10-,11+/m0/s1. The molecule has 1 saturated carbocycles. The van der Waals surface area contributed by atoms with Gasteiger partial charge in [-0.05, 0) is 23.3 Å². The normalized spacial score (nSPS) is 26.4. The Balaban J connectivity index is 2.37. The molecule has 2 rings (SSSR count). The fourth-order valence-electron chi connectivity index (χ4n) is 2.60. The van der Waals surface area contributed by atoms with Crippen molar-refractivity contribution in [3.8, 4) is 0 Å². The molecule has 1 N–H and O–H groups in total. The van der Waals surface area contributed by atoms with Crippen molar-refractivity contribution in [1.29, 1.82) is 0 Å². The van der Waals surface area contributed by atoms with Crippen LogP contribution in [0.3, 0.4) is 0 Å². The van der Waals surface area contributed by atoms with Crippen LogP contribution in [-0.2, 0) is 4.79 Å². The molecule has 1 aromatic carbocycles. The van der Waals surface area contributed by atoms with Crippen LogP contribution < -0.4 is 0 Å². The van der Waals surface area contributed by atoms with Gasteiger partial charge in [-0.15, -0.1) is 11.8 Å². The number of carbonyl (C=O) groups is 1. The summed E-state index contributed by atoms with van der Waals surface area (Å²) < 4.78 is 0. The molecule has 1 aromatic rings. The second kappa shape index (κ2) is 3.81. The summed E-state index contributed by atoms with van der Waals surface area (Å²) in [4.78, 5) is 12.4. The third-order valence-electron chi connectivity index (χ3n) is 3.57. The maximum absolute atomic E-state index is 11.2. The van der Waals surface area contributed by atoms with Crippen LogP contribution in [0.4, 0.5) is 0 Å². The van der Waals surface area contributed by atoms with Crippen molar-refractivity contribution < 1.29 is 9.90 Å². The first-order valence-corrected chi connectivity index (χ1v) is 6.58. The van der Waals surface area contributed by atoms with E-state index in [1.807, 2.05) is 32.2 Å². The molecule has 0 amide bonds. The number of benzene rings is 1. The average Bonchev–Trinajstić information content (AvgIpc) is 2.81.